The molecule has 0 unspecified atom stereocenters. The summed E-state index contributed by atoms with van der Waals surface area (Å²) in [6.45, 7) is 2.25. The molecule has 0 radical (unpaired) electrons. The molecule has 2 amide bonds. The second-order valence-electron chi connectivity index (χ2n) is 6.52. The van der Waals surface area contributed by atoms with Crippen LogP contribution in [0.4, 0.5) is 10.5 Å². The number of aromatic nitrogens is 2. The van der Waals surface area contributed by atoms with Crippen molar-refractivity contribution in [1.82, 2.24) is 14.7 Å². The highest BCUT2D eigenvalue weighted by atomic mass is 16.3. The molecule has 0 aliphatic heterocycles. The van der Waals surface area contributed by atoms with Crippen LogP contribution in [0.15, 0.2) is 24.7 Å². The third kappa shape index (κ3) is 3.82. The number of fused-ring (bicyclic) bond motifs is 1. The van der Waals surface area contributed by atoms with Crippen molar-refractivity contribution in [3.8, 4) is 0 Å². The lowest BCUT2D eigenvalue weighted by Gasteiger charge is -2.26. The van der Waals surface area contributed by atoms with Crippen LogP contribution in [0.3, 0.4) is 0 Å². The second kappa shape index (κ2) is 6.58. The normalized spacial score (nSPS) is 17.7. The van der Waals surface area contributed by atoms with Gasteiger partial charge < -0.3 is 20.1 Å². The van der Waals surface area contributed by atoms with Gasteiger partial charge in [0.2, 0.25) is 0 Å². The Hall–Kier alpha value is -2.08. The minimum absolute atomic E-state index is 0.290. The zero-order chi connectivity index (χ0) is 16.3. The fourth-order valence-corrected chi connectivity index (χ4v) is 3.26. The summed E-state index contributed by atoms with van der Waals surface area (Å²) in [6.07, 6.45) is 11.3. The van der Waals surface area contributed by atoms with Gasteiger partial charge in [-0.25, -0.2) is 9.78 Å². The first-order chi connectivity index (χ1) is 11.1. The van der Waals surface area contributed by atoms with Crippen LogP contribution in [0.25, 0.3) is 5.65 Å². The van der Waals surface area contributed by atoms with E-state index in [0.29, 0.717) is 12.2 Å². The van der Waals surface area contributed by atoms with Gasteiger partial charge >= 0.3 is 6.03 Å². The molecule has 1 fully saturated rings. The van der Waals surface area contributed by atoms with Gasteiger partial charge in [0.05, 0.1) is 11.3 Å². The van der Waals surface area contributed by atoms with Crippen LogP contribution in [-0.4, -0.2) is 32.7 Å². The molecule has 2 heterocycles. The van der Waals surface area contributed by atoms with Gasteiger partial charge in [0, 0.05) is 25.1 Å². The molecular formula is C17H24N4O2. The van der Waals surface area contributed by atoms with Crippen LogP contribution in [0, 0.1) is 6.92 Å². The molecule has 1 aliphatic carbocycles. The summed E-state index contributed by atoms with van der Waals surface area (Å²) < 4.78 is 1.88. The number of carbonyl (C=O) groups excluding carboxylic acids is 1. The molecule has 124 valence electrons. The van der Waals surface area contributed by atoms with E-state index in [0.717, 1.165) is 36.9 Å². The van der Waals surface area contributed by atoms with Gasteiger partial charge in [-0.2, -0.15) is 0 Å². The Kier molecular flexibility index (Phi) is 4.52. The van der Waals surface area contributed by atoms with Crippen LogP contribution in [0.1, 0.15) is 44.1 Å². The van der Waals surface area contributed by atoms with Crippen LogP contribution in [-0.2, 0) is 0 Å². The van der Waals surface area contributed by atoms with E-state index in [1.807, 2.05) is 29.8 Å². The smallest absolute Gasteiger partial charge is 0.319 e. The van der Waals surface area contributed by atoms with E-state index in [1.165, 1.54) is 12.8 Å². The Morgan fingerprint density at radius 1 is 1.35 bits per heavy atom. The summed E-state index contributed by atoms with van der Waals surface area (Å²) in [5.74, 6) is 0. The largest absolute Gasteiger partial charge is 0.388 e. The van der Waals surface area contributed by atoms with E-state index in [1.54, 1.807) is 6.20 Å². The number of amides is 2. The Labute approximate surface area is 135 Å². The molecule has 3 N–H and O–H groups in total. The summed E-state index contributed by atoms with van der Waals surface area (Å²) in [7, 11) is 0. The Bertz CT molecular complexity index is 687. The number of aryl methyl sites for hydroxylation is 1. The van der Waals surface area contributed by atoms with E-state index in [9.17, 15) is 9.90 Å². The zero-order valence-electron chi connectivity index (χ0n) is 13.5. The molecule has 0 bridgehead atoms. The van der Waals surface area contributed by atoms with Crippen molar-refractivity contribution >= 4 is 17.4 Å². The van der Waals surface area contributed by atoms with Crippen molar-refractivity contribution in [3.63, 3.8) is 0 Å². The van der Waals surface area contributed by atoms with E-state index < -0.39 is 5.60 Å². The van der Waals surface area contributed by atoms with E-state index in [-0.39, 0.29) is 6.03 Å². The molecule has 2 aromatic heterocycles. The van der Waals surface area contributed by atoms with Gasteiger partial charge in [-0.15, -0.1) is 0 Å². The predicted molar refractivity (Wildman–Crippen MR) is 89.6 cm³/mol. The molecule has 1 aliphatic rings. The molecule has 6 nitrogen and oxygen atoms in total. The molecule has 0 aromatic carbocycles. The average molecular weight is 316 g/mol. The highest BCUT2D eigenvalue weighted by Gasteiger charge is 2.28. The lowest BCUT2D eigenvalue weighted by Crippen LogP contribution is -2.44. The van der Waals surface area contributed by atoms with E-state index >= 15 is 0 Å². The molecule has 23 heavy (non-hydrogen) atoms. The van der Waals surface area contributed by atoms with Crippen molar-refractivity contribution in [2.45, 2.75) is 51.0 Å². The Morgan fingerprint density at radius 2 is 2.09 bits per heavy atom. The van der Waals surface area contributed by atoms with Gasteiger partial charge in [0.15, 0.2) is 0 Å². The van der Waals surface area contributed by atoms with Gasteiger partial charge in [-0.3, -0.25) is 0 Å². The molecular weight excluding hydrogens is 292 g/mol. The first kappa shape index (κ1) is 15.8. The van der Waals surface area contributed by atoms with E-state index in [2.05, 4.69) is 15.6 Å². The zero-order valence-corrected chi connectivity index (χ0v) is 13.5. The SMILES string of the molecule is Cc1cc(NC(=O)NCC2(O)CCCCCC2)cn2ccnc12. The number of nitrogens with one attached hydrogen (secondary N) is 2. The first-order valence-electron chi connectivity index (χ1n) is 8.26. The van der Waals surface area contributed by atoms with E-state index in [4.69, 9.17) is 0 Å². The molecule has 2 aromatic rings. The summed E-state index contributed by atoms with van der Waals surface area (Å²) in [5.41, 5.74) is 1.81. The number of hydrogen-bond acceptors (Lipinski definition) is 3. The summed E-state index contributed by atoms with van der Waals surface area (Å²) in [4.78, 5) is 16.4. The second-order valence-corrected chi connectivity index (χ2v) is 6.52. The molecule has 0 saturated heterocycles. The molecule has 3 rings (SSSR count). The topological polar surface area (TPSA) is 78.7 Å². The number of pyridine rings is 1. The van der Waals surface area contributed by atoms with Crippen molar-refractivity contribution < 1.29 is 9.90 Å². The average Bonchev–Trinajstić information content (AvgIpc) is 2.88. The molecule has 0 spiro atoms. The number of carbonyl (C=O) groups is 1. The van der Waals surface area contributed by atoms with Gasteiger partial charge in [-0.1, -0.05) is 25.7 Å². The number of anilines is 1. The minimum Gasteiger partial charge on any atom is -0.388 e. The number of imidazole rings is 1. The quantitative estimate of drug-likeness (QED) is 0.762. The minimum atomic E-state index is -0.766. The number of nitrogens with zero attached hydrogens (tertiary/aromatic N) is 2. The number of aliphatic hydroxyl groups is 1. The number of hydrogen-bond donors (Lipinski definition) is 3. The highest BCUT2D eigenvalue weighted by Crippen LogP contribution is 2.26. The van der Waals surface area contributed by atoms with Crippen molar-refractivity contribution in [3.05, 3.63) is 30.2 Å². The number of urea groups is 1. The predicted octanol–water partition coefficient (Wildman–Crippen LogP) is 2.85. The van der Waals surface area contributed by atoms with Crippen LogP contribution in [0.2, 0.25) is 0 Å². The maximum absolute atomic E-state index is 12.1. The number of rotatable bonds is 3. The standard InChI is InChI=1S/C17H24N4O2/c1-13-10-14(11-21-9-8-18-15(13)21)20-16(22)19-12-17(23)6-4-2-3-5-7-17/h8-11,23H,2-7,12H2,1H3,(H2,19,20,22). The monoisotopic (exact) mass is 316 g/mol. The lowest BCUT2D eigenvalue weighted by molar-refractivity contribution is 0.0281. The van der Waals surface area contributed by atoms with Crippen molar-refractivity contribution in [1.29, 1.82) is 0 Å². The van der Waals surface area contributed by atoms with Gasteiger partial charge in [0.25, 0.3) is 0 Å². The third-order valence-electron chi connectivity index (χ3n) is 4.54. The maximum Gasteiger partial charge on any atom is 0.319 e. The maximum atomic E-state index is 12.1. The summed E-state index contributed by atoms with van der Waals surface area (Å²) in [5, 5.41) is 16.2. The molecule has 6 heteroatoms. The van der Waals surface area contributed by atoms with Crippen molar-refractivity contribution in [2.24, 2.45) is 0 Å². The Balaban J connectivity index is 1.59. The van der Waals surface area contributed by atoms with Gasteiger partial charge in [-0.05, 0) is 31.4 Å². The van der Waals surface area contributed by atoms with Crippen LogP contribution in [0.5, 0.6) is 0 Å². The summed E-state index contributed by atoms with van der Waals surface area (Å²) >= 11 is 0. The first-order valence-corrected chi connectivity index (χ1v) is 8.26. The van der Waals surface area contributed by atoms with Gasteiger partial charge in [0.1, 0.15) is 5.65 Å². The Morgan fingerprint density at radius 3 is 2.83 bits per heavy atom. The van der Waals surface area contributed by atoms with Crippen molar-refractivity contribution in [2.75, 3.05) is 11.9 Å². The highest BCUT2D eigenvalue weighted by molar-refractivity contribution is 5.89. The fraction of sp³-hybridized carbons (Fsp3) is 0.529. The molecule has 1 saturated carbocycles. The molecule has 0 atom stereocenters. The third-order valence-corrected chi connectivity index (χ3v) is 4.54. The lowest BCUT2D eigenvalue weighted by atomic mass is 9.95. The van der Waals surface area contributed by atoms with Crippen LogP contribution >= 0.6 is 0 Å². The fourth-order valence-electron chi connectivity index (χ4n) is 3.26. The summed E-state index contributed by atoms with van der Waals surface area (Å²) in [6, 6.07) is 1.60. The van der Waals surface area contributed by atoms with Crippen LogP contribution < -0.4 is 10.6 Å².